The number of hydrogen-bond donors (Lipinski definition) is 2. The van der Waals surface area contributed by atoms with E-state index in [1.54, 1.807) is 25.7 Å². The zero-order valence-electron chi connectivity index (χ0n) is 19.3. The van der Waals surface area contributed by atoms with E-state index in [0.717, 1.165) is 49.2 Å². The van der Waals surface area contributed by atoms with Crippen LogP contribution < -0.4 is 15.8 Å². The van der Waals surface area contributed by atoms with Gasteiger partial charge in [0.25, 0.3) is 0 Å². The van der Waals surface area contributed by atoms with Crippen molar-refractivity contribution in [3.63, 3.8) is 0 Å². The van der Waals surface area contributed by atoms with Crippen molar-refractivity contribution in [1.82, 2.24) is 24.9 Å². The Morgan fingerprint density at radius 2 is 1.78 bits per heavy atom. The average Bonchev–Trinajstić information content (AvgIpc) is 3.31. The van der Waals surface area contributed by atoms with Crippen LogP contribution in [0.5, 0.6) is 5.88 Å². The summed E-state index contributed by atoms with van der Waals surface area (Å²) in [5, 5.41) is 4.22. The van der Waals surface area contributed by atoms with Gasteiger partial charge in [0.2, 0.25) is 5.88 Å². The summed E-state index contributed by atoms with van der Waals surface area (Å²) < 4.78 is 6.29. The molecule has 0 bridgehead atoms. The number of ether oxygens (including phenoxy) is 1. The highest BCUT2D eigenvalue weighted by Crippen LogP contribution is 2.35. The van der Waals surface area contributed by atoms with Gasteiger partial charge in [0.05, 0.1) is 34.4 Å². The summed E-state index contributed by atoms with van der Waals surface area (Å²) in [6.07, 6.45) is 8.83. The standard InChI is InChI=1S/C27H21N7OS/c1-35-24-7-5-18(15-32-24)25(17-3-2-8-29-14-17)33-19-12-20(26-22(13-19)30-9-10-31-26)16-4-6-23-21(11-16)34-27(28)36-23/h2-15,25,33H,1H3,(H2,28,34). The molecule has 0 aliphatic carbocycles. The van der Waals surface area contributed by atoms with Crippen LogP contribution in [0.25, 0.3) is 32.4 Å². The molecule has 0 amide bonds. The van der Waals surface area contributed by atoms with Gasteiger partial charge < -0.3 is 15.8 Å². The third kappa shape index (κ3) is 4.16. The summed E-state index contributed by atoms with van der Waals surface area (Å²) in [7, 11) is 1.60. The highest BCUT2D eigenvalue weighted by atomic mass is 32.1. The summed E-state index contributed by atoms with van der Waals surface area (Å²) in [5.74, 6) is 0.560. The first-order valence-electron chi connectivity index (χ1n) is 11.3. The Balaban J connectivity index is 1.47. The molecule has 0 aliphatic rings. The molecular formula is C27H21N7OS. The van der Waals surface area contributed by atoms with Crippen LogP contribution in [0, 0.1) is 0 Å². The van der Waals surface area contributed by atoms with Gasteiger partial charge in [-0.3, -0.25) is 15.0 Å². The first-order chi connectivity index (χ1) is 17.7. The number of nitrogens with zero attached hydrogens (tertiary/aromatic N) is 5. The molecule has 9 heteroatoms. The average molecular weight is 492 g/mol. The summed E-state index contributed by atoms with van der Waals surface area (Å²) in [4.78, 5) is 22.4. The highest BCUT2D eigenvalue weighted by molar-refractivity contribution is 7.22. The Hall–Kier alpha value is -4.63. The van der Waals surface area contributed by atoms with Crippen molar-refractivity contribution in [2.45, 2.75) is 6.04 Å². The number of anilines is 2. The van der Waals surface area contributed by atoms with E-state index < -0.39 is 0 Å². The van der Waals surface area contributed by atoms with Gasteiger partial charge in [-0.2, -0.15) is 0 Å². The predicted molar refractivity (Wildman–Crippen MR) is 143 cm³/mol. The minimum absolute atomic E-state index is 0.195. The van der Waals surface area contributed by atoms with Gasteiger partial charge in [0, 0.05) is 48.3 Å². The number of nitrogen functional groups attached to an aromatic ring is 1. The minimum Gasteiger partial charge on any atom is -0.481 e. The molecule has 176 valence electrons. The fourth-order valence-electron chi connectivity index (χ4n) is 4.25. The molecule has 0 spiro atoms. The SMILES string of the molecule is COc1ccc(C(Nc2cc(-c3ccc4sc(N)nc4c3)c3nccnc3c2)c2cccnc2)cn1. The lowest BCUT2D eigenvalue weighted by atomic mass is 9.99. The topological polar surface area (TPSA) is 112 Å². The summed E-state index contributed by atoms with van der Waals surface area (Å²) in [6, 6.07) is 17.9. The van der Waals surface area contributed by atoms with Gasteiger partial charge in [0.15, 0.2) is 5.13 Å². The van der Waals surface area contributed by atoms with Crippen molar-refractivity contribution in [2.75, 3.05) is 18.2 Å². The fraction of sp³-hybridized carbons (Fsp3) is 0.0741. The van der Waals surface area contributed by atoms with Crippen molar-refractivity contribution in [1.29, 1.82) is 0 Å². The minimum atomic E-state index is -0.195. The number of nitrogens with one attached hydrogen (secondary N) is 1. The second-order valence-corrected chi connectivity index (χ2v) is 9.24. The largest absolute Gasteiger partial charge is 0.481 e. The number of benzene rings is 2. The second kappa shape index (κ2) is 9.20. The van der Waals surface area contributed by atoms with E-state index in [4.69, 9.17) is 10.5 Å². The first kappa shape index (κ1) is 21.9. The number of thiazole rings is 1. The van der Waals surface area contributed by atoms with E-state index in [0.29, 0.717) is 11.0 Å². The maximum Gasteiger partial charge on any atom is 0.212 e. The van der Waals surface area contributed by atoms with Gasteiger partial charge in [-0.05, 0) is 53.1 Å². The van der Waals surface area contributed by atoms with Gasteiger partial charge >= 0.3 is 0 Å². The van der Waals surface area contributed by atoms with Crippen LogP contribution in [-0.4, -0.2) is 32.0 Å². The van der Waals surface area contributed by atoms with Crippen molar-refractivity contribution in [2.24, 2.45) is 0 Å². The number of hydrogen-bond acceptors (Lipinski definition) is 9. The van der Waals surface area contributed by atoms with Crippen molar-refractivity contribution >= 4 is 43.4 Å². The molecule has 4 heterocycles. The molecule has 0 saturated carbocycles. The van der Waals surface area contributed by atoms with Crippen LogP contribution in [0.4, 0.5) is 10.8 Å². The molecule has 8 nitrogen and oxygen atoms in total. The lowest BCUT2D eigenvalue weighted by molar-refractivity contribution is 0.397. The predicted octanol–water partition coefficient (Wildman–Crippen LogP) is 5.49. The Morgan fingerprint density at radius 1 is 0.889 bits per heavy atom. The molecule has 2 aromatic carbocycles. The van der Waals surface area contributed by atoms with Crippen LogP contribution >= 0.6 is 11.3 Å². The normalized spacial score (nSPS) is 12.0. The summed E-state index contributed by atoms with van der Waals surface area (Å²) in [6.45, 7) is 0. The number of methoxy groups -OCH3 is 1. The van der Waals surface area contributed by atoms with Gasteiger partial charge in [-0.25, -0.2) is 9.97 Å². The Kier molecular flexibility index (Phi) is 5.59. The Labute approximate surface area is 210 Å². The first-order valence-corrected chi connectivity index (χ1v) is 12.1. The number of rotatable bonds is 6. The lowest BCUT2D eigenvalue weighted by Gasteiger charge is -2.21. The molecule has 0 fully saturated rings. The van der Waals surface area contributed by atoms with Crippen molar-refractivity contribution in [3.05, 3.63) is 96.7 Å². The number of nitrogens with two attached hydrogens (primary N) is 1. The Morgan fingerprint density at radius 3 is 2.58 bits per heavy atom. The third-order valence-corrected chi connectivity index (χ3v) is 6.78. The zero-order chi connectivity index (χ0) is 24.5. The number of aromatic nitrogens is 5. The fourth-order valence-corrected chi connectivity index (χ4v) is 4.96. The molecule has 6 rings (SSSR count). The van der Waals surface area contributed by atoms with Crippen LogP contribution in [0.3, 0.4) is 0 Å². The monoisotopic (exact) mass is 491 g/mol. The van der Waals surface area contributed by atoms with Crippen LogP contribution in [-0.2, 0) is 0 Å². The van der Waals surface area contributed by atoms with Crippen molar-refractivity contribution in [3.8, 4) is 17.0 Å². The van der Waals surface area contributed by atoms with E-state index in [1.165, 1.54) is 11.3 Å². The van der Waals surface area contributed by atoms with Crippen LogP contribution in [0.2, 0.25) is 0 Å². The maximum atomic E-state index is 5.93. The quantitative estimate of drug-likeness (QED) is 0.315. The molecule has 0 saturated heterocycles. The van der Waals surface area contributed by atoms with Gasteiger partial charge in [-0.1, -0.05) is 23.5 Å². The summed E-state index contributed by atoms with van der Waals surface area (Å²) >= 11 is 1.47. The van der Waals surface area contributed by atoms with E-state index in [-0.39, 0.29) is 6.04 Å². The number of pyridine rings is 2. The van der Waals surface area contributed by atoms with Crippen LogP contribution in [0.1, 0.15) is 17.2 Å². The summed E-state index contributed by atoms with van der Waals surface area (Å²) in [5.41, 5.74) is 13.2. The second-order valence-electron chi connectivity index (χ2n) is 8.18. The van der Waals surface area contributed by atoms with E-state index >= 15 is 0 Å². The molecule has 0 radical (unpaired) electrons. The zero-order valence-corrected chi connectivity index (χ0v) is 20.1. The molecule has 1 unspecified atom stereocenters. The smallest absolute Gasteiger partial charge is 0.212 e. The van der Waals surface area contributed by atoms with Crippen molar-refractivity contribution < 1.29 is 4.74 Å². The maximum absolute atomic E-state index is 5.93. The molecular weight excluding hydrogens is 470 g/mol. The highest BCUT2D eigenvalue weighted by Gasteiger charge is 2.18. The molecule has 1 atom stereocenters. The van der Waals surface area contributed by atoms with E-state index in [1.807, 2.05) is 54.9 Å². The van der Waals surface area contributed by atoms with Crippen LogP contribution in [0.15, 0.2) is 85.6 Å². The molecule has 0 aliphatic heterocycles. The van der Waals surface area contributed by atoms with Gasteiger partial charge in [0.1, 0.15) is 0 Å². The molecule has 4 aromatic heterocycles. The van der Waals surface area contributed by atoms with E-state index in [2.05, 4.69) is 42.4 Å². The Bertz CT molecular complexity index is 1670. The number of fused-ring (bicyclic) bond motifs is 2. The van der Waals surface area contributed by atoms with Gasteiger partial charge in [-0.15, -0.1) is 0 Å². The molecule has 6 aromatic rings. The van der Waals surface area contributed by atoms with E-state index in [9.17, 15) is 0 Å². The molecule has 36 heavy (non-hydrogen) atoms. The molecule has 3 N–H and O–H groups in total. The lowest BCUT2D eigenvalue weighted by Crippen LogP contribution is -2.13. The third-order valence-electron chi connectivity index (χ3n) is 5.92.